The zero-order chi connectivity index (χ0) is 21.2. The number of nitrogens with one attached hydrogen (secondary N) is 1. The van der Waals surface area contributed by atoms with E-state index in [1.54, 1.807) is 37.6 Å². The minimum atomic E-state index is -4.94. The van der Waals surface area contributed by atoms with Crippen LogP contribution < -0.4 is 10.2 Å². The number of halogens is 4. The highest BCUT2D eigenvalue weighted by atomic mass is 35.5. The molecule has 2 unspecified atom stereocenters. The highest BCUT2D eigenvalue weighted by Crippen LogP contribution is 2.32. The van der Waals surface area contributed by atoms with Gasteiger partial charge in [0.05, 0.1) is 18.1 Å². The molecule has 0 radical (unpaired) electrons. The Hall–Kier alpha value is -2.62. The lowest BCUT2D eigenvalue weighted by atomic mass is 10.1. The third-order valence-electron chi connectivity index (χ3n) is 4.81. The maximum absolute atomic E-state index is 13.0. The number of nitrogens with zero attached hydrogens (tertiary/aromatic N) is 4. The Bertz CT molecular complexity index is 887. The molecular formula is C18H19ClF3N5O2. The number of amides is 2. The summed E-state index contributed by atoms with van der Waals surface area (Å²) in [6.07, 6.45) is 0.711. The molecule has 29 heavy (non-hydrogen) atoms. The SMILES string of the molecule is CCN(C(=O)C1CCC(NC(=O)C(F)(F)F)C1)c1cn(-c2cccnc2)nc1Cl. The summed E-state index contributed by atoms with van der Waals surface area (Å²) in [5, 5.41) is 6.29. The summed E-state index contributed by atoms with van der Waals surface area (Å²) in [6, 6.07) is 2.83. The summed E-state index contributed by atoms with van der Waals surface area (Å²) in [5.74, 6) is -2.75. The van der Waals surface area contributed by atoms with E-state index in [-0.39, 0.29) is 17.5 Å². The number of anilines is 1. The molecule has 1 fully saturated rings. The van der Waals surface area contributed by atoms with Crippen LogP contribution in [0.15, 0.2) is 30.7 Å². The maximum atomic E-state index is 13.0. The smallest absolute Gasteiger partial charge is 0.346 e. The Morgan fingerprint density at radius 2 is 2.14 bits per heavy atom. The molecule has 2 atom stereocenters. The molecule has 3 rings (SSSR count). The summed E-state index contributed by atoms with van der Waals surface area (Å²) in [5.41, 5.74) is 1.07. The van der Waals surface area contributed by atoms with Gasteiger partial charge >= 0.3 is 12.1 Å². The lowest BCUT2D eigenvalue weighted by Crippen LogP contribution is -2.42. The molecule has 0 bridgehead atoms. The van der Waals surface area contributed by atoms with Gasteiger partial charge in [0.25, 0.3) is 0 Å². The first-order chi connectivity index (χ1) is 13.7. The first-order valence-corrected chi connectivity index (χ1v) is 9.43. The van der Waals surface area contributed by atoms with Crippen LogP contribution in [-0.2, 0) is 9.59 Å². The van der Waals surface area contributed by atoms with Crippen LogP contribution in [0.25, 0.3) is 5.69 Å². The van der Waals surface area contributed by atoms with Crippen LogP contribution in [0.3, 0.4) is 0 Å². The third-order valence-corrected chi connectivity index (χ3v) is 5.08. The van der Waals surface area contributed by atoms with Crippen LogP contribution in [0.2, 0.25) is 5.15 Å². The van der Waals surface area contributed by atoms with E-state index >= 15 is 0 Å². The lowest BCUT2D eigenvalue weighted by Gasteiger charge is -2.23. The number of aromatic nitrogens is 3. The summed E-state index contributed by atoms with van der Waals surface area (Å²) in [4.78, 5) is 29.6. The van der Waals surface area contributed by atoms with E-state index in [1.165, 1.54) is 9.58 Å². The van der Waals surface area contributed by atoms with Crippen molar-refractivity contribution in [1.29, 1.82) is 0 Å². The van der Waals surface area contributed by atoms with Gasteiger partial charge < -0.3 is 10.2 Å². The van der Waals surface area contributed by atoms with E-state index in [2.05, 4.69) is 10.1 Å². The van der Waals surface area contributed by atoms with E-state index in [4.69, 9.17) is 11.6 Å². The Labute approximate surface area is 169 Å². The monoisotopic (exact) mass is 429 g/mol. The van der Waals surface area contributed by atoms with Gasteiger partial charge in [0, 0.05) is 24.7 Å². The predicted octanol–water partition coefficient (Wildman–Crippen LogP) is 3.12. The van der Waals surface area contributed by atoms with Crippen molar-refractivity contribution in [1.82, 2.24) is 20.1 Å². The molecule has 156 valence electrons. The second kappa shape index (κ2) is 8.40. The summed E-state index contributed by atoms with van der Waals surface area (Å²) in [6.45, 7) is 2.08. The minimum Gasteiger partial charge on any atom is -0.346 e. The standard InChI is InChI=1S/C18H19ClF3N5O2/c1-2-26(14-10-27(25-15(14)19)13-4-3-7-23-9-13)16(28)11-5-6-12(8-11)24-17(29)18(20,21)22/h3-4,7,9-12H,2,5-6,8H2,1H3,(H,24,29). The van der Waals surface area contributed by atoms with Crippen LogP contribution in [0.5, 0.6) is 0 Å². The number of rotatable bonds is 5. The van der Waals surface area contributed by atoms with Crippen LogP contribution >= 0.6 is 11.6 Å². The molecule has 2 heterocycles. The second-order valence-electron chi connectivity index (χ2n) is 6.72. The van der Waals surface area contributed by atoms with E-state index in [1.807, 2.05) is 5.32 Å². The van der Waals surface area contributed by atoms with Crippen LogP contribution in [0.4, 0.5) is 18.9 Å². The van der Waals surface area contributed by atoms with Gasteiger partial charge in [-0.05, 0) is 38.3 Å². The molecule has 0 saturated heterocycles. The quantitative estimate of drug-likeness (QED) is 0.792. The average Bonchev–Trinajstić information content (AvgIpc) is 3.29. The van der Waals surface area contributed by atoms with Crippen LogP contribution in [0.1, 0.15) is 26.2 Å². The molecule has 0 spiro atoms. The zero-order valence-corrected chi connectivity index (χ0v) is 16.2. The van der Waals surface area contributed by atoms with Gasteiger partial charge in [-0.15, -0.1) is 0 Å². The van der Waals surface area contributed by atoms with Crippen molar-refractivity contribution >= 4 is 29.1 Å². The number of pyridine rings is 1. The Morgan fingerprint density at radius 1 is 1.38 bits per heavy atom. The number of hydrogen-bond acceptors (Lipinski definition) is 4. The summed E-state index contributed by atoms with van der Waals surface area (Å²) in [7, 11) is 0. The summed E-state index contributed by atoms with van der Waals surface area (Å²) < 4.78 is 38.8. The Morgan fingerprint density at radius 3 is 2.76 bits per heavy atom. The number of hydrogen-bond donors (Lipinski definition) is 1. The number of carbonyl (C=O) groups excluding carboxylic acids is 2. The molecule has 7 nitrogen and oxygen atoms in total. The van der Waals surface area contributed by atoms with Gasteiger partial charge in [-0.2, -0.15) is 18.3 Å². The highest BCUT2D eigenvalue weighted by molar-refractivity contribution is 6.32. The predicted molar refractivity (Wildman–Crippen MR) is 99.7 cm³/mol. The summed E-state index contributed by atoms with van der Waals surface area (Å²) >= 11 is 6.24. The fraction of sp³-hybridized carbons (Fsp3) is 0.444. The molecule has 1 saturated carbocycles. The number of carbonyl (C=O) groups is 2. The molecule has 2 aromatic heterocycles. The van der Waals surface area contributed by atoms with Crippen molar-refractivity contribution in [2.45, 2.75) is 38.4 Å². The largest absolute Gasteiger partial charge is 0.471 e. The Balaban J connectivity index is 1.72. The first-order valence-electron chi connectivity index (χ1n) is 9.05. The fourth-order valence-electron chi connectivity index (χ4n) is 3.42. The van der Waals surface area contributed by atoms with E-state index < -0.39 is 24.0 Å². The first kappa shape index (κ1) is 21.1. The minimum absolute atomic E-state index is 0.129. The Kier molecular flexibility index (Phi) is 6.11. The van der Waals surface area contributed by atoms with E-state index in [9.17, 15) is 22.8 Å². The molecule has 1 N–H and O–H groups in total. The third kappa shape index (κ3) is 4.69. The van der Waals surface area contributed by atoms with E-state index in [0.29, 0.717) is 30.8 Å². The lowest BCUT2D eigenvalue weighted by molar-refractivity contribution is -0.174. The van der Waals surface area contributed by atoms with Crippen molar-refractivity contribution in [3.63, 3.8) is 0 Å². The van der Waals surface area contributed by atoms with Gasteiger partial charge in [-0.1, -0.05) is 11.6 Å². The van der Waals surface area contributed by atoms with Crippen LogP contribution in [-0.4, -0.2) is 45.3 Å². The fourth-order valence-corrected chi connectivity index (χ4v) is 3.65. The number of alkyl halides is 3. The molecule has 11 heteroatoms. The van der Waals surface area contributed by atoms with Crippen molar-refractivity contribution in [2.24, 2.45) is 5.92 Å². The van der Waals surface area contributed by atoms with Crippen molar-refractivity contribution < 1.29 is 22.8 Å². The molecule has 0 aromatic carbocycles. The molecular weight excluding hydrogens is 411 g/mol. The maximum Gasteiger partial charge on any atom is 0.471 e. The van der Waals surface area contributed by atoms with Crippen molar-refractivity contribution in [3.05, 3.63) is 35.9 Å². The van der Waals surface area contributed by atoms with Crippen molar-refractivity contribution in [3.8, 4) is 5.69 Å². The molecule has 1 aliphatic rings. The van der Waals surface area contributed by atoms with Gasteiger partial charge in [-0.3, -0.25) is 14.6 Å². The highest BCUT2D eigenvalue weighted by Gasteiger charge is 2.42. The molecule has 1 aliphatic carbocycles. The van der Waals surface area contributed by atoms with Crippen molar-refractivity contribution in [2.75, 3.05) is 11.4 Å². The normalized spacial score (nSPS) is 19.2. The zero-order valence-electron chi connectivity index (χ0n) is 15.5. The van der Waals surface area contributed by atoms with Crippen LogP contribution in [0, 0.1) is 5.92 Å². The van der Waals surface area contributed by atoms with Gasteiger partial charge in [0.2, 0.25) is 5.91 Å². The molecule has 2 amide bonds. The van der Waals surface area contributed by atoms with E-state index in [0.717, 1.165) is 0 Å². The van der Waals surface area contributed by atoms with Gasteiger partial charge in [0.1, 0.15) is 5.69 Å². The molecule has 0 aliphatic heterocycles. The molecule has 2 aromatic rings. The van der Waals surface area contributed by atoms with Gasteiger partial charge in [0.15, 0.2) is 5.15 Å². The average molecular weight is 430 g/mol. The second-order valence-corrected chi connectivity index (χ2v) is 7.08. The van der Waals surface area contributed by atoms with Gasteiger partial charge in [-0.25, -0.2) is 4.68 Å². The topological polar surface area (TPSA) is 80.1 Å².